The highest BCUT2D eigenvalue weighted by Crippen LogP contribution is 2.31. The molecule has 114 valence electrons. The van der Waals surface area contributed by atoms with Gasteiger partial charge < -0.3 is 10.4 Å². The van der Waals surface area contributed by atoms with Crippen molar-refractivity contribution in [3.8, 4) is 5.75 Å². The lowest BCUT2D eigenvalue weighted by molar-refractivity contribution is 0.472. The highest BCUT2D eigenvalue weighted by molar-refractivity contribution is 7.80. The van der Waals surface area contributed by atoms with E-state index in [1.807, 2.05) is 6.07 Å². The van der Waals surface area contributed by atoms with Crippen LogP contribution in [0.3, 0.4) is 0 Å². The number of unbranched alkanes of at least 4 members (excludes halogenated alkanes) is 1. The zero-order chi connectivity index (χ0) is 15.2. The van der Waals surface area contributed by atoms with Crippen LogP contribution in [0.5, 0.6) is 5.75 Å². The SMILES string of the molecule is CCCCNC(=S)N/N=C1\CCCc2c(C)ccc(O)c21. The molecule has 1 aromatic rings. The molecule has 0 unspecified atom stereocenters. The van der Waals surface area contributed by atoms with Crippen LogP contribution in [0.15, 0.2) is 17.2 Å². The Labute approximate surface area is 131 Å². The second kappa shape index (κ2) is 7.41. The van der Waals surface area contributed by atoms with Gasteiger partial charge in [-0.3, -0.25) is 5.43 Å². The molecule has 0 amide bonds. The van der Waals surface area contributed by atoms with E-state index >= 15 is 0 Å². The van der Waals surface area contributed by atoms with Gasteiger partial charge in [-0.15, -0.1) is 0 Å². The first kappa shape index (κ1) is 15.8. The van der Waals surface area contributed by atoms with Crippen LogP contribution in [0.25, 0.3) is 0 Å². The molecule has 4 nitrogen and oxygen atoms in total. The summed E-state index contributed by atoms with van der Waals surface area (Å²) < 4.78 is 0. The molecule has 0 heterocycles. The number of aromatic hydroxyl groups is 1. The van der Waals surface area contributed by atoms with E-state index in [4.69, 9.17) is 12.2 Å². The van der Waals surface area contributed by atoms with Crippen LogP contribution >= 0.6 is 12.2 Å². The highest BCUT2D eigenvalue weighted by atomic mass is 32.1. The number of hydrazone groups is 1. The van der Waals surface area contributed by atoms with Crippen LogP contribution < -0.4 is 10.7 Å². The van der Waals surface area contributed by atoms with Crippen LogP contribution in [0.4, 0.5) is 0 Å². The number of aryl methyl sites for hydroxylation is 1. The second-order valence-corrected chi connectivity index (χ2v) is 5.80. The highest BCUT2D eigenvalue weighted by Gasteiger charge is 2.21. The van der Waals surface area contributed by atoms with Crippen molar-refractivity contribution in [2.45, 2.75) is 46.0 Å². The largest absolute Gasteiger partial charge is 0.507 e. The number of rotatable bonds is 4. The van der Waals surface area contributed by atoms with Gasteiger partial charge in [0.1, 0.15) is 5.75 Å². The average Bonchev–Trinajstić information content (AvgIpc) is 2.49. The fraction of sp³-hybridized carbons (Fsp3) is 0.500. The summed E-state index contributed by atoms with van der Waals surface area (Å²) in [6.45, 7) is 5.07. The first-order valence-electron chi connectivity index (χ1n) is 7.55. The molecule has 21 heavy (non-hydrogen) atoms. The molecule has 5 heteroatoms. The Morgan fingerprint density at radius 3 is 2.95 bits per heavy atom. The third-order valence-electron chi connectivity index (χ3n) is 3.76. The Bertz CT molecular complexity index is 555. The number of phenols is 1. The van der Waals surface area contributed by atoms with Gasteiger partial charge in [0.15, 0.2) is 5.11 Å². The average molecular weight is 305 g/mol. The van der Waals surface area contributed by atoms with Crippen molar-refractivity contribution >= 4 is 23.0 Å². The number of phenolic OH excluding ortho intramolecular Hbond substituents is 1. The minimum atomic E-state index is 0.306. The van der Waals surface area contributed by atoms with Gasteiger partial charge >= 0.3 is 0 Å². The smallest absolute Gasteiger partial charge is 0.186 e. The molecule has 1 aromatic carbocycles. The third kappa shape index (κ3) is 3.94. The van der Waals surface area contributed by atoms with E-state index in [0.717, 1.165) is 49.9 Å². The number of fused-ring (bicyclic) bond motifs is 1. The molecular weight excluding hydrogens is 282 g/mol. The van der Waals surface area contributed by atoms with Crippen LogP contribution in [0, 0.1) is 6.92 Å². The van der Waals surface area contributed by atoms with Crippen molar-refractivity contribution in [2.75, 3.05) is 6.54 Å². The van der Waals surface area contributed by atoms with Crippen LogP contribution in [0.2, 0.25) is 0 Å². The quantitative estimate of drug-likeness (QED) is 0.455. The summed E-state index contributed by atoms with van der Waals surface area (Å²) in [5.74, 6) is 0.306. The van der Waals surface area contributed by atoms with Crippen LogP contribution in [-0.2, 0) is 6.42 Å². The predicted molar refractivity (Wildman–Crippen MR) is 91.0 cm³/mol. The predicted octanol–water partition coefficient (Wildman–Crippen LogP) is 3.01. The first-order valence-corrected chi connectivity index (χ1v) is 7.96. The van der Waals surface area contributed by atoms with E-state index in [0.29, 0.717) is 10.9 Å². The lowest BCUT2D eigenvalue weighted by Crippen LogP contribution is -2.33. The van der Waals surface area contributed by atoms with Crippen LogP contribution in [0.1, 0.15) is 49.3 Å². The normalized spacial score (nSPS) is 15.6. The van der Waals surface area contributed by atoms with Gasteiger partial charge in [0.05, 0.1) is 5.71 Å². The molecule has 0 radical (unpaired) electrons. The summed E-state index contributed by atoms with van der Waals surface area (Å²) in [6.07, 6.45) is 5.11. The van der Waals surface area contributed by atoms with E-state index in [9.17, 15) is 5.11 Å². The van der Waals surface area contributed by atoms with Crippen molar-refractivity contribution in [1.29, 1.82) is 0 Å². The van der Waals surface area contributed by atoms with E-state index in [1.54, 1.807) is 6.07 Å². The fourth-order valence-electron chi connectivity index (χ4n) is 2.59. The van der Waals surface area contributed by atoms with E-state index in [-0.39, 0.29) is 0 Å². The summed E-state index contributed by atoms with van der Waals surface area (Å²) in [7, 11) is 0. The maximum absolute atomic E-state index is 10.1. The molecule has 1 aliphatic rings. The molecule has 2 rings (SSSR count). The number of hydrogen-bond acceptors (Lipinski definition) is 3. The number of thiocarbonyl (C=S) groups is 1. The minimum absolute atomic E-state index is 0.306. The van der Waals surface area contributed by atoms with Gasteiger partial charge in [-0.05, 0) is 62.0 Å². The third-order valence-corrected chi connectivity index (χ3v) is 4.00. The zero-order valence-electron chi connectivity index (χ0n) is 12.7. The maximum atomic E-state index is 10.1. The van der Waals surface area contributed by atoms with Crippen molar-refractivity contribution < 1.29 is 5.11 Å². The van der Waals surface area contributed by atoms with Gasteiger partial charge in [0, 0.05) is 12.1 Å². The lowest BCUT2D eigenvalue weighted by Gasteiger charge is -2.21. The lowest BCUT2D eigenvalue weighted by atomic mass is 9.86. The van der Waals surface area contributed by atoms with Crippen molar-refractivity contribution in [1.82, 2.24) is 10.7 Å². The summed E-state index contributed by atoms with van der Waals surface area (Å²) >= 11 is 5.20. The topological polar surface area (TPSA) is 56.7 Å². The van der Waals surface area contributed by atoms with Crippen LogP contribution in [-0.4, -0.2) is 22.5 Å². The Kier molecular flexibility index (Phi) is 5.56. The summed E-state index contributed by atoms with van der Waals surface area (Å²) in [6, 6.07) is 3.70. The summed E-state index contributed by atoms with van der Waals surface area (Å²) in [5.41, 5.74) is 7.07. The molecule has 0 saturated carbocycles. The monoisotopic (exact) mass is 305 g/mol. The standard InChI is InChI=1S/C16H23N3OS/c1-3-4-10-17-16(21)19-18-13-7-5-6-12-11(2)8-9-14(20)15(12)13/h8-9,20H,3-7,10H2,1-2H3,(H2,17,19,21)/b18-13+. The van der Waals surface area contributed by atoms with Gasteiger partial charge in [0.2, 0.25) is 0 Å². The maximum Gasteiger partial charge on any atom is 0.186 e. The van der Waals surface area contributed by atoms with Gasteiger partial charge in [-0.25, -0.2) is 0 Å². The molecule has 0 atom stereocenters. The number of nitrogens with one attached hydrogen (secondary N) is 2. The van der Waals surface area contributed by atoms with Crippen molar-refractivity contribution in [3.05, 3.63) is 28.8 Å². The van der Waals surface area contributed by atoms with Gasteiger partial charge in [0.25, 0.3) is 0 Å². The molecule has 0 aromatic heterocycles. The summed E-state index contributed by atoms with van der Waals surface area (Å²) in [5, 5.41) is 18.2. The second-order valence-electron chi connectivity index (χ2n) is 5.39. The molecule has 0 saturated heterocycles. The molecule has 0 fully saturated rings. The van der Waals surface area contributed by atoms with E-state index in [2.05, 4.69) is 29.7 Å². The minimum Gasteiger partial charge on any atom is -0.507 e. The molecule has 0 spiro atoms. The van der Waals surface area contributed by atoms with E-state index < -0.39 is 0 Å². The van der Waals surface area contributed by atoms with Gasteiger partial charge in [-0.1, -0.05) is 19.4 Å². The van der Waals surface area contributed by atoms with Crippen molar-refractivity contribution in [3.63, 3.8) is 0 Å². The number of benzene rings is 1. The zero-order valence-corrected chi connectivity index (χ0v) is 13.5. The Balaban J connectivity index is 2.11. The molecule has 3 N–H and O–H groups in total. The van der Waals surface area contributed by atoms with E-state index in [1.165, 1.54) is 11.1 Å². The Morgan fingerprint density at radius 1 is 1.38 bits per heavy atom. The Morgan fingerprint density at radius 2 is 2.19 bits per heavy atom. The molecule has 1 aliphatic carbocycles. The number of nitrogens with zero attached hydrogens (tertiary/aromatic N) is 1. The van der Waals surface area contributed by atoms with Crippen molar-refractivity contribution in [2.24, 2.45) is 5.10 Å². The molecular formula is C16H23N3OS. The Hall–Kier alpha value is -1.62. The molecule has 0 aliphatic heterocycles. The number of hydrogen-bond donors (Lipinski definition) is 3. The molecule has 0 bridgehead atoms. The first-order chi connectivity index (χ1) is 10.1. The fourth-order valence-corrected chi connectivity index (χ4v) is 2.74. The summed E-state index contributed by atoms with van der Waals surface area (Å²) in [4.78, 5) is 0. The van der Waals surface area contributed by atoms with Gasteiger partial charge in [-0.2, -0.15) is 5.10 Å².